The lowest BCUT2D eigenvalue weighted by Crippen LogP contribution is -2.35. The van der Waals surface area contributed by atoms with Crippen molar-refractivity contribution in [2.24, 2.45) is 12.9 Å². The van der Waals surface area contributed by atoms with E-state index in [2.05, 4.69) is 34.8 Å². The molecule has 2 aliphatic carbocycles. The van der Waals surface area contributed by atoms with Crippen LogP contribution in [0.1, 0.15) is 54.9 Å². The number of nitrogens with two attached hydrogens (primary N) is 1. The van der Waals surface area contributed by atoms with E-state index in [-0.39, 0.29) is 17.9 Å². The molecule has 2 aliphatic rings. The molecule has 0 spiro atoms. The molecule has 0 radical (unpaired) electrons. The van der Waals surface area contributed by atoms with E-state index >= 15 is 0 Å². The van der Waals surface area contributed by atoms with Crippen molar-refractivity contribution in [1.82, 2.24) is 30.1 Å². The Balaban J connectivity index is 1.49. The monoisotopic (exact) mass is 484 g/mol. The second-order valence-electron chi connectivity index (χ2n) is 9.52. The van der Waals surface area contributed by atoms with Crippen molar-refractivity contribution in [3.05, 3.63) is 22.8 Å². The molecule has 3 aromatic rings. The fourth-order valence-electron chi connectivity index (χ4n) is 5.18. The summed E-state index contributed by atoms with van der Waals surface area (Å²) in [6.45, 7) is 0. The molecule has 34 heavy (non-hydrogen) atoms. The van der Waals surface area contributed by atoms with Gasteiger partial charge in [-0.2, -0.15) is 10.1 Å². The highest BCUT2D eigenvalue weighted by Crippen LogP contribution is 2.48. The minimum absolute atomic E-state index is 0.0971. The van der Waals surface area contributed by atoms with Gasteiger partial charge in [-0.3, -0.25) is 14.9 Å². The molecule has 1 unspecified atom stereocenters. The summed E-state index contributed by atoms with van der Waals surface area (Å²) in [5.41, 5.74) is 4.26. The summed E-state index contributed by atoms with van der Waals surface area (Å²) < 4.78 is 8.32. The van der Waals surface area contributed by atoms with E-state index in [1.54, 1.807) is 22.2 Å². The Morgan fingerprint density at radius 1 is 1.26 bits per heavy atom. The van der Waals surface area contributed by atoms with Gasteiger partial charge in [0.1, 0.15) is 10.9 Å². The van der Waals surface area contributed by atoms with Crippen LogP contribution in [0.25, 0.3) is 10.2 Å². The third-order valence-corrected chi connectivity index (χ3v) is 8.13. The van der Waals surface area contributed by atoms with Crippen LogP contribution in [0.3, 0.4) is 0 Å². The van der Waals surface area contributed by atoms with Crippen molar-refractivity contribution >= 4 is 39.1 Å². The Hall–Kier alpha value is -2.76. The smallest absolute Gasteiger partial charge is 0.234 e. The van der Waals surface area contributed by atoms with E-state index in [1.165, 1.54) is 4.88 Å². The largest absolute Gasteiger partial charge is 0.474 e. The van der Waals surface area contributed by atoms with Gasteiger partial charge in [-0.1, -0.05) is 0 Å². The van der Waals surface area contributed by atoms with E-state index in [4.69, 9.17) is 20.5 Å². The van der Waals surface area contributed by atoms with E-state index < -0.39 is 0 Å². The molecule has 1 saturated carbocycles. The predicted molar refractivity (Wildman–Crippen MR) is 132 cm³/mol. The molecule has 3 heterocycles. The number of aryl methyl sites for hydroxylation is 2. The first-order valence-electron chi connectivity index (χ1n) is 11.8. The Morgan fingerprint density at radius 3 is 2.74 bits per heavy atom. The number of carbonyl (C=O) groups excluding carboxylic acids is 1. The highest BCUT2D eigenvalue weighted by Gasteiger charge is 2.33. The minimum Gasteiger partial charge on any atom is -0.474 e. The Morgan fingerprint density at radius 2 is 2.06 bits per heavy atom. The fourth-order valence-corrected chi connectivity index (χ4v) is 6.45. The van der Waals surface area contributed by atoms with Crippen molar-refractivity contribution < 1.29 is 9.53 Å². The zero-order valence-electron chi connectivity index (χ0n) is 19.9. The number of fused-ring (bicyclic) bond motifs is 3. The molecule has 182 valence electrons. The van der Waals surface area contributed by atoms with Crippen LogP contribution in [-0.2, 0) is 18.3 Å². The quantitative estimate of drug-likeness (QED) is 0.266. The molecule has 0 saturated heterocycles. The van der Waals surface area contributed by atoms with Gasteiger partial charge in [-0.25, -0.2) is 10.8 Å². The van der Waals surface area contributed by atoms with Crippen molar-refractivity contribution in [3.63, 3.8) is 0 Å². The van der Waals surface area contributed by atoms with Gasteiger partial charge in [0.15, 0.2) is 0 Å². The number of hydrogen-bond acceptors (Lipinski definition) is 9. The van der Waals surface area contributed by atoms with Crippen LogP contribution in [0.15, 0.2) is 12.4 Å². The maximum atomic E-state index is 12.1. The minimum atomic E-state index is -0.155. The number of thiophene rings is 1. The summed E-state index contributed by atoms with van der Waals surface area (Å²) in [6.07, 6.45) is 10.1. The van der Waals surface area contributed by atoms with E-state index in [1.807, 2.05) is 13.2 Å². The molecule has 3 aromatic heterocycles. The van der Waals surface area contributed by atoms with Crippen LogP contribution < -0.4 is 21.3 Å². The maximum absolute atomic E-state index is 12.1. The summed E-state index contributed by atoms with van der Waals surface area (Å²) in [4.78, 5) is 26.2. The lowest BCUT2D eigenvalue weighted by Gasteiger charge is -2.32. The van der Waals surface area contributed by atoms with E-state index in [9.17, 15) is 4.79 Å². The first-order valence-corrected chi connectivity index (χ1v) is 12.6. The highest BCUT2D eigenvalue weighted by atomic mass is 32.1. The van der Waals surface area contributed by atoms with Crippen LogP contribution in [-0.4, -0.2) is 56.8 Å². The number of rotatable bonds is 7. The van der Waals surface area contributed by atoms with Gasteiger partial charge >= 0.3 is 0 Å². The Bertz CT molecular complexity index is 1180. The van der Waals surface area contributed by atoms with Crippen LogP contribution in [0, 0.1) is 0 Å². The van der Waals surface area contributed by atoms with Gasteiger partial charge in [-0.15, -0.1) is 11.3 Å². The summed E-state index contributed by atoms with van der Waals surface area (Å²) in [7, 11) is 6.15. The van der Waals surface area contributed by atoms with Gasteiger partial charge in [0.25, 0.3) is 0 Å². The van der Waals surface area contributed by atoms with Crippen LogP contribution >= 0.6 is 11.3 Å². The molecule has 1 fully saturated rings. The molecular weight excluding hydrogens is 452 g/mol. The number of ether oxygens (including phenoxy) is 1. The third-order valence-electron chi connectivity index (χ3n) is 6.97. The van der Waals surface area contributed by atoms with Crippen LogP contribution in [0.2, 0.25) is 0 Å². The number of hydrogen-bond donors (Lipinski definition) is 3. The van der Waals surface area contributed by atoms with Gasteiger partial charge in [-0.05, 0) is 64.1 Å². The van der Waals surface area contributed by atoms with Crippen LogP contribution in [0.5, 0.6) is 5.88 Å². The molecule has 4 N–H and O–H groups in total. The van der Waals surface area contributed by atoms with E-state index in [0.717, 1.165) is 60.0 Å². The fraction of sp³-hybridized carbons (Fsp3) is 0.565. The van der Waals surface area contributed by atoms with E-state index in [0.29, 0.717) is 24.3 Å². The zero-order valence-corrected chi connectivity index (χ0v) is 20.7. The van der Waals surface area contributed by atoms with Gasteiger partial charge in [0.05, 0.1) is 17.3 Å². The number of carbonyl (C=O) groups is 1. The zero-order chi connectivity index (χ0) is 23.8. The lowest BCUT2D eigenvalue weighted by molar-refractivity contribution is -0.121. The average Bonchev–Trinajstić information content (AvgIpc) is 3.50. The molecule has 5 rings (SSSR count). The number of hydrazine groups is 1. The third kappa shape index (κ3) is 4.59. The standard InChI is InChI=1S/C23H32N8O2S/c1-30(2)15-5-7-16(8-6-15)33-21-20-19-13(10-18(32)29-24)4-9-17(19)34-22(20)28-23(27-21)26-14-11-25-31(3)12-14/h11-13,15-16H,4-10,24H2,1-3H3,(H,29,32)(H,26,27,28)/t13?,15-,16-. The molecule has 1 atom stereocenters. The summed E-state index contributed by atoms with van der Waals surface area (Å²) in [6, 6.07) is 0.595. The number of anilines is 2. The second-order valence-corrected chi connectivity index (χ2v) is 10.6. The van der Waals surface area contributed by atoms with Crippen molar-refractivity contribution in [3.8, 4) is 5.88 Å². The maximum Gasteiger partial charge on any atom is 0.234 e. The molecule has 11 heteroatoms. The average molecular weight is 485 g/mol. The van der Waals surface area contributed by atoms with Gasteiger partial charge < -0.3 is 15.0 Å². The van der Waals surface area contributed by atoms with Gasteiger partial charge in [0, 0.05) is 30.6 Å². The van der Waals surface area contributed by atoms with Crippen LogP contribution in [0.4, 0.5) is 11.6 Å². The molecule has 1 amide bonds. The van der Waals surface area contributed by atoms with Crippen molar-refractivity contribution in [2.75, 3.05) is 19.4 Å². The molecule has 0 bridgehead atoms. The SMILES string of the molecule is Cn1cc(Nc2nc(O[C@H]3CC[C@H](N(C)C)CC3)c3c4c(sc3n2)CCC4CC(=O)NN)cn1. The number of nitrogens with one attached hydrogen (secondary N) is 2. The first-order chi connectivity index (χ1) is 16.4. The summed E-state index contributed by atoms with van der Waals surface area (Å²) in [5, 5.41) is 8.44. The Kier molecular flexibility index (Phi) is 6.41. The van der Waals surface area contributed by atoms with Crippen molar-refractivity contribution in [1.29, 1.82) is 0 Å². The van der Waals surface area contributed by atoms with Gasteiger partial charge in [0.2, 0.25) is 17.7 Å². The molecule has 0 aromatic carbocycles. The Labute approximate surface area is 202 Å². The molecular formula is C23H32N8O2S. The second kappa shape index (κ2) is 9.47. The number of aromatic nitrogens is 4. The normalized spacial score (nSPS) is 22.2. The number of nitrogens with zero attached hydrogens (tertiary/aromatic N) is 5. The molecule has 10 nitrogen and oxygen atoms in total. The van der Waals surface area contributed by atoms with Crippen molar-refractivity contribution in [2.45, 2.75) is 63.0 Å². The number of amides is 1. The highest BCUT2D eigenvalue weighted by molar-refractivity contribution is 7.19. The summed E-state index contributed by atoms with van der Waals surface area (Å²) in [5.74, 6) is 6.42. The lowest BCUT2D eigenvalue weighted by atomic mass is 9.92. The molecule has 0 aliphatic heterocycles. The first kappa shape index (κ1) is 23.0. The summed E-state index contributed by atoms with van der Waals surface area (Å²) >= 11 is 1.67. The predicted octanol–water partition coefficient (Wildman–Crippen LogP) is 2.83. The topological polar surface area (TPSA) is 123 Å².